The number of hydrogen-bond donors (Lipinski definition) is 0. The minimum atomic E-state index is -0.511. The molecule has 4 rings (SSSR count). The van der Waals surface area contributed by atoms with Crippen LogP contribution in [0.3, 0.4) is 0 Å². The molecule has 6 heteroatoms. The molecule has 1 heterocycles. The summed E-state index contributed by atoms with van der Waals surface area (Å²) in [4.78, 5) is 28.7. The van der Waals surface area contributed by atoms with Crippen LogP contribution in [0.15, 0.2) is 88.0 Å². The molecular formula is C24H16BrNO4. The van der Waals surface area contributed by atoms with Crippen LogP contribution in [0.4, 0.5) is 0 Å². The Morgan fingerprint density at radius 1 is 1.03 bits per heavy atom. The lowest BCUT2D eigenvalue weighted by molar-refractivity contribution is -0.129. The molecule has 0 spiro atoms. The molecule has 0 saturated carbocycles. The van der Waals surface area contributed by atoms with Crippen molar-refractivity contribution in [3.8, 4) is 5.75 Å². The molecule has 0 atom stereocenters. The normalized spacial score (nSPS) is 14.4. The number of nitrogens with zero attached hydrogens (tertiary/aromatic N) is 1. The van der Waals surface area contributed by atoms with Crippen LogP contribution >= 0.6 is 15.9 Å². The predicted octanol–water partition coefficient (Wildman–Crippen LogP) is 5.32. The highest BCUT2D eigenvalue weighted by atomic mass is 79.9. The maximum Gasteiger partial charge on any atom is 0.363 e. The van der Waals surface area contributed by atoms with Crippen molar-refractivity contribution in [2.75, 3.05) is 0 Å². The number of benzene rings is 3. The van der Waals surface area contributed by atoms with Crippen LogP contribution in [0.1, 0.15) is 27.0 Å². The molecule has 1 aliphatic rings. The van der Waals surface area contributed by atoms with Gasteiger partial charge in [0, 0.05) is 10.0 Å². The smallest absolute Gasteiger partial charge is 0.363 e. The molecule has 0 aliphatic carbocycles. The van der Waals surface area contributed by atoms with Crippen molar-refractivity contribution in [2.45, 2.75) is 6.92 Å². The van der Waals surface area contributed by atoms with Crippen molar-refractivity contribution in [2.24, 2.45) is 4.99 Å². The number of carbonyl (C=O) groups is 2. The quantitative estimate of drug-likeness (QED) is 0.299. The molecular weight excluding hydrogens is 446 g/mol. The largest absolute Gasteiger partial charge is 0.423 e. The van der Waals surface area contributed by atoms with Gasteiger partial charge in [0.25, 0.3) is 0 Å². The second-order valence-corrected chi connectivity index (χ2v) is 7.59. The average Bonchev–Trinajstić information content (AvgIpc) is 3.10. The van der Waals surface area contributed by atoms with E-state index in [1.54, 1.807) is 42.5 Å². The first-order valence-corrected chi connectivity index (χ1v) is 9.95. The summed E-state index contributed by atoms with van der Waals surface area (Å²) >= 11 is 3.37. The van der Waals surface area contributed by atoms with Crippen LogP contribution < -0.4 is 4.74 Å². The first kappa shape index (κ1) is 19.8. The zero-order valence-corrected chi connectivity index (χ0v) is 17.5. The molecule has 0 bridgehead atoms. The molecule has 148 valence electrons. The number of rotatable bonds is 4. The Hall–Kier alpha value is -3.51. The minimum Gasteiger partial charge on any atom is -0.423 e. The van der Waals surface area contributed by atoms with Crippen molar-refractivity contribution in [1.29, 1.82) is 0 Å². The molecule has 0 N–H and O–H groups in total. The van der Waals surface area contributed by atoms with Gasteiger partial charge in [-0.1, -0.05) is 45.8 Å². The molecule has 0 radical (unpaired) electrons. The van der Waals surface area contributed by atoms with Gasteiger partial charge < -0.3 is 9.47 Å². The standard InChI is InChI=1S/C24H16BrNO4/c1-15-3-2-4-18(13-15)23(27)29-20-11-5-16(6-12-20)14-21-24(28)30-22(26-21)17-7-9-19(25)10-8-17/h2-14H,1H3/b21-14-. The van der Waals surface area contributed by atoms with E-state index >= 15 is 0 Å². The zero-order valence-electron chi connectivity index (χ0n) is 16.0. The monoisotopic (exact) mass is 461 g/mol. The fourth-order valence-electron chi connectivity index (χ4n) is 2.85. The highest BCUT2D eigenvalue weighted by Gasteiger charge is 2.24. The Morgan fingerprint density at radius 2 is 1.77 bits per heavy atom. The SMILES string of the molecule is Cc1cccc(C(=O)Oc2ccc(/C=C3\N=C(c4ccc(Br)cc4)OC3=O)cc2)c1. The number of hydrogen-bond acceptors (Lipinski definition) is 5. The van der Waals surface area contributed by atoms with Crippen LogP contribution in [0.2, 0.25) is 0 Å². The second kappa shape index (κ2) is 8.47. The summed E-state index contributed by atoms with van der Waals surface area (Å²) in [6, 6.07) is 21.4. The lowest BCUT2D eigenvalue weighted by Crippen LogP contribution is -2.08. The summed E-state index contributed by atoms with van der Waals surface area (Å²) in [6.45, 7) is 1.91. The summed E-state index contributed by atoms with van der Waals surface area (Å²) < 4.78 is 11.6. The molecule has 30 heavy (non-hydrogen) atoms. The molecule has 5 nitrogen and oxygen atoms in total. The lowest BCUT2D eigenvalue weighted by Gasteiger charge is -2.05. The van der Waals surface area contributed by atoms with E-state index in [-0.39, 0.29) is 11.6 Å². The maximum atomic E-state index is 12.2. The maximum absolute atomic E-state index is 12.2. The second-order valence-electron chi connectivity index (χ2n) is 6.67. The number of aliphatic imine (C=N–C) groups is 1. The molecule has 3 aromatic carbocycles. The van der Waals surface area contributed by atoms with Crippen LogP contribution in [-0.4, -0.2) is 17.8 Å². The Bertz CT molecular complexity index is 1180. The van der Waals surface area contributed by atoms with Crippen molar-refractivity contribution < 1.29 is 19.1 Å². The minimum absolute atomic E-state index is 0.206. The Balaban J connectivity index is 1.48. The topological polar surface area (TPSA) is 65.0 Å². The van der Waals surface area contributed by atoms with E-state index in [9.17, 15) is 9.59 Å². The van der Waals surface area contributed by atoms with Crippen LogP contribution in [0.5, 0.6) is 5.75 Å². The first-order valence-electron chi connectivity index (χ1n) is 9.15. The molecule has 0 amide bonds. The highest BCUT2D eigenvalue weighted by molar-refractivity contribution is 9.10. The van der Waals surface area contributed by atoms with Gasteiger partial charge in [-0.05, 0) is 67.1 Å². The third-order valence-electron chi connectivity index (χ3n) is 4.36. The van der Waals surface area contributed by atoms with E-state index in [1.165, 1.54) is 0 Å². The Labute approximate surface area is 181 Å². The average molecular weight is 462 g/mol. The van der Waals surface area contributed by atoms with Crippen LogP contribution in [0.25, 0.3) is 6.08 Å². The van der Waals surface area contributed by atoms with Gasteiger partial charge in [0.05, 0.1) is 5.56 Å². The fraction of sp³-hybridized carbons (Fsp3) is 0.0417. The first-order chi connectivity index (χ1) is 14.5. The molecule has 1 aliphatic heterocycles. The zero-order chi connectivity index (χ0) is 21.1. The number of halogens is 1. The lowest BCUT2D eigenvalue weighted by atomic mass is 10.1. The van der Waals surface area contributed by atoms with E-state index in [0.717, 1.165) is 15.6 Å². The van der Waals surface area contributed by atoms with E-state index in [4.69, 9.17) is 9.47 Å². The molecule has 0 aromatic heterocycles. The third-order valence-corrected chi connectivity index (χ3v) is 4.89. The van der Waals surface area contributed by atoms with Crippen molar-refractivity contribution in [3.63, 3.8) is 0 Å². The van der Waals surface area contributed by atoms with Crippen LogP contribution in [-0.2, 0) is 9.53 Å². The van der Waals surface area contributed by atoms with Gasteiger partial charge in [-0.3, -0.25) is 0 Å². The predicted molar refractivity (Wildman–Crippen MR) is 117 cm³/mol. The van der Waals surface area contributed by atoms with Crippen molar-refractivity contribution >= 4 is 39.8 Å². The van der Waals surface area contributed by atoms with E-state index < -0.39 is 11.9 Å². The van der Waals surface area contributed by atoms with Crippen molar-refractivity contribution in [3.05, 3.63) is 105 Å². The van der Waals surface area contributed by atoms with E-state index in [1.807, 2.05) is 43.3 Å². The van der Waals surface area contributed by atoms with E-state index in [2.05, 4.69) is 20.9 Å². The summed E-state index contributed by atoms with van der Waals surface area (Å²) in [7, 11) is 0. The number of ether oxygens (including phenoxy) is 2. The molecule has 0 unspecified atom stereocenters. The molecule has 0 fully saturated rings. The van der Waals surface area contributed by atoms with Gasteiger partial charge in [-0.25, -0.2) is 14.6 Å². The summed E-state index contributed by atoms with van der Waals surface area (Å²) in [5, 5.41) is 0. The summed E-state index contributed by atoms with van der Waals surface area (Å²) in [5.41, 5.74) is 3.13. The van der Waals surface area contributed by atoms with Gasteiger partial charge in [0.15, 0.2) is 5.70 Å². The van der Waals surface area contributed by atoms with Crippen molar-refractivity contribution in [1.82, 2.24) is 0 Å². The fourth-order valence-corrected chi connectivity index (χ4v) is 3.12. The van der Waals surface area contributed by atoms with Crippen LogP contribution in [0, 0.1) is 6.92 Å². The van der Waals surface area contributed by atoms with Gasteiger partial charge in [-0.15, -0.1) is 0 Å². The number of esters is 2. The van der Waals surface area contributed by atoms with Gasteiger partial charge in [0.1, 0.15) is 5.75 Å². The number of carbonyl (C=O) groups excluding carboxylic acids is 2. The van der Waals surface area contributed by atoms with Gasteiger partial charge in [0.2, 0.25) is 5.90 Å². The molecule has 3 aromatic rings. The molecule has 0 saturated heterocycles. The highest BCUT2D eigenvalue weighted by Crippen LogP contribution is 2.22. The van der Waals surface area contributed by atoms with Gasteiger partial charge >= 0.3 is 11.9 Å². The third kappa shape index (κ3) is 4.55. The number of aryl methyl sites for hydroxylation is 1. The van der Waals surface area contributed by atoms with Gasteiger partial charge in [-0.2, -0.15) is 0 Å². The van der Waals surface area contributed by atoms with E-state index in [0.29, 0.717) is 16.9 Å². The summed E-state index contributed by atoms with van der Waals surface area (Å²) in [5.74, 6) is -0.255. The Morgan fingerprint density at radius 3 is 2.47 bits per heavy atom. The Kier molecular flexibility index (Phi) is 5.59. The summed E-state index contributed by atoms with van der Waals surface area (Å²) in [6.07, 6.45) is 1.63. The number of cyclic esters (lactones) is 1.